The molecule has 8 nitrogen and oxygen atoms in total. The number of likely N-dealkylation sites (tertiary alicyclic amines) is 1. The molecule has 1 aliphatic heterocycles. The lowest BCUT2D eigenvalue weighted by Crippen LogP contribution is -2.38. The monoisotopic (exact) mass is 500 g/mol. The summed E-state index contributed by atoms with van der Waals surface area (Å²) in [6, 6.07) is 6.56. The summed E-state index contributed by atoms with van der Waals surface area (Å²) in [5.74, 6) is -0.570. The van der Waals surface area contributed by atoms with Gasteiger partial charge in [0, 0.05) is 48.4 Å². The number of benzene rings is 1. The van der Waals surface area contributed by atoms with Gasteiger partial charge in [0.15, 0.2) is 0 Å². The van der Waals surface area contributed by atoms with E-state index in [1.807, 2.05) is 23.0 Å². The summed E-state index contributed by atoms with van der Waals surface area (Å²) < 4.78 is 17.3. The van der Waals surface area contributed by atoms with E-state index >= 15 is 0 Å². The summed E-state index contributed by atoms with van der Waals surface area (Å²) in [6.07, 6.45) is 9.21. The predicted octanol–water partition coefficient (Wildman–Crippen LogP) is 5.54. The molecule has 4 heterocycles. The minimum Gasteiger partial charge on any atom is -0.465 e. The van der Waals surface area contributed by atoms with Crippen LogP contribution < -0.4 is 0 Å². The molecule has 4 aromatic rings. The maximum Gasteiger partial charge on any atom is 0.407 e. The molecule has 0 bridgehead atoms. The van der Waals surface area contributed by atoms with Gasteiger partial charge in [-0.05, 0) is 37.1 Å². The highest BCUT2D eigenvalue weighted by atomic mass is 35.5. The lowest BCUT2D eigenvalue weighted by Gasteiger charge is -2.30. The fourth-order valence-corrected chi connectivity index (χ4v) is 4.51. The topological polar surface area (TPSA) is 88.5 Å². The van der Waals surface area contributed by atoms with Crippen LogP contribution in [-0.2, 0) is 0 Å². The predicted molar refractivity (Wildman–Crippen MR) is 128 cm³/mol. The Morgan fingerprint density at radius 3 is 2.74 bits per heavy atom. The van der Waals surface area contributed by atoms with Crippen LogP contribution in [0.1, 0.15) is 24.4 Å². The Kier molecular flexibility index (Phi) is 5.97. The molecule has 1 aromatic carbocycles. The highest BCUT2D eigenvalue weighted by Crippen LogP contribution is 2.28. The fraction of sp³-hybridized carbons (Fsp3) is 0.217. The number of hydrogen-bond donors (Lipinski definition) is 1. The Labute approximate surface area is 203 Å². The Hall–Kier alpha value is -3.43. The highest BCUT2D eigenvalue weighted by molar-refractivity contribution is 6.38. The van der Waals surface area contributed by atoms with Crippen molar-refractivity contribution in [2.75, 3.05) is 13.1 Å². The van der Waals surface area contributed by atoms with Gasteiger partial charge >= 0.3 is 6.09 Å². The molecular formula is C23H19Cl2FN6O2. The van der Waals surface area contributed by atoms with Gasteiger partial charge in [-0.15, -0.1) is 0 Å². The zero-order valence-corrected chi connectivity index (χ0v) is 19.3. The van der Waals surface area contributed by atoms with Gasteiger partial charge in [-0.2, -0.15) is 10.2 Å². The summed E-state index contributed by atoms with van der Waals surface area (Å²) in [6.45, 7) is 0.987. The number of amides is 1. The van der Waals surface area contributed by atoms with Crippen LogP contribution in [0, 0.1) is 5.82 Å². The van der Waals surface area contributed by atoms with Crippen molar-refractivity contribution < 1.29 is 14.3 Å². The van der Waals surface area contributed by atoms with E-state index in [-0.39, 0.29) is 11.1 Å². The first-order chi connectivity index (χ1) is 16.4. The molecule has 11 heteroatoms. The lowest BCUT2D eigenvalue weighted by atomic mass is 10.1. The number of fused-ring (bicyclic) bond motifs is 1. The summed E-state index contributed by atoms with van der Waals surface area (Å²) in [5.41, 5.74) is 3.54. The number of carboxylic acid groups (broad SMARTS) is 1. The molecule has 1 aliphatic rings. The second kappa shape index (κ2) is 9.08. The van der Waals surface area contributed by atoms with E-state index < -0.39 is 11.9 Å². The summed E-state index contributed by atoms with van der Waals surface area (Å²) in [5, 5.41) is 18.3. The average Bonchev–Trinajstić information content (AvgIpc) is 3.49. The third-order valence-corrected chi connectivity index (χ3v) is 6.67. The fourth-order valence-electron chi connectivity index (χ4n) is 4.05. The summed E-state index contributed by atoms with van der Waals surface area (Å²) >= 11 is 12.2. The van der Waals surface area contributed by atoms with Crippen LogP contribution in [0.2, 0.25) is 10.0 Å². The highest BCUT2D eigenvalue weighted by Gasteiger charge is 2.24. The van der Waals surface area contributed by atoms with Gasteiger partial charge in [-0.1, -0.05) is 23.2 Å². The molecule has 5 rings (SSSR count). The molecule has 3 aromatic heterocycles. The van der Waals surface area contributed by atoms with Crippen molar-refractivity contribution in [3.05, 3.63) is 70.5 Å². The van der Waals surface area contributed by atoms with Crippen LogP contribution in [0.4, 0.5) is 9.18 Å². The molecule has 0 aliphatic carbocycles. The quantitative estimate of drug-likeness (QED) is 0.294. The van der Waals surface area contributed by atoms with Gasteiger partial charge in [0.1, 0.15) is 5.82 Å². The maximum absolute atomic E-state index is 13.8. The Morgan fingerprint density at radius 2 is 1.97 bits per heavy atom. The first kappa shape index (κ1) is 22.4. The number of pyridine rings is 1. The van der Waals surface area contributed by atoms with Crippen molar-refractivity contribution in [1.82, 2.24) is 24.3 Å². The largest absolute Gasteiger partial charge is 0.465 e. The van der Waals surface area contributed by atoms with Crippen molar-refractivity contribution in [1.29, 1.82) is 0 Å². The van der Waals surface area contributed by atoms with Crippen LogP contribution in [0.15, 0.2) is 54.2 Å². The van der Waals surface area contributed by atoms with Gasteiger partial charge in [0.2, 0.25) is 0 Å². The minimum atomic E-state index is -0.883. The van der Waals surface area contributed by atoms with Gasteiger partial charge in [-0.3, -0.25) is 9.67 Å². The smallest absolute Gasteiger partial charge is 0.407 e. The molecule has 1 fully saturated rings. The second-order valence-electron chi connectivity index (χ2n) is 8.00. The van der Waals surface area contributed by atoms with Crippen molar-refractivity contribution >= 4 is 46.5 Å². The first-order valence-electron chi connectivity index (χ1n) is 10.6. The zero-order valence-electron chi connectivity index (χ0n) is 17.8. The SMILES string of the molecule is O=C(O)N1CCC(n2cc(-c3cnc4ccn(N=Cc5c(Cl)ccc(F)c5Cl)c4c3)cn2)CC1. The second-order valence-corrected chi connectivity index (χ2v) is 8.79. The van der Waals surface area contributed by atoms with E-state index in [0.717, 1.165) is 22.2 Å². The average molecular weight is 501 g/mol. The number of piperidine rings is 1. The van der Waals surface area contributed by atoms with Crippen LogP contribution in [0.3, 0.4) is 0 Å². The van der Waals surface area contributed by atoms with Crippen molar-refractivity contribution in [3.63, 3.8) is 0 Å². The Balaban J connectivity index is 1.40. The molecule has 34 heavy (non-hydrogen) atoms. The van der Waals surface area contributed by atoms with Gasteiger partial charge < -0.3 is 10.0 Å². The van der Waals surface area contributed by atoms with E-state index in [1.165, 1.54) is 23.2 Å². The molecule has 0 saturated carbocycles. The van der Waals surface area contributed by atoms with Crippen molar-refractivity contribution in [2.45, 2.75) is 18.9 Å². The number of aromatic nitrogens is 4. The lowest BCUT2D eigenvalue weighted by molar-refractivity contribution is 0.124. The summed E-state index contributed by atoms with van der Waals surface area (Å²) in [7, 11) is 0. The number of hydrogen-bond acceptors (Lipinski definition) is 4. The minimum absolute atomic E-state index is 0.0897. The van der Waals surface area contributed by atoms with E-state index in [1.54, 1.807) is 23.3 Å². The molecule has 1 N–H and O–H groups in total. The van der Waals surface area contributed by atoms with Gasteiger partial charge in [0.25, 0.3) is 0 Å². The molecule has 0 radical (unpaired) electrons. The number of halogens is 3. The molecule has 1 amide bonds. The van der Waals surface area contributed by atoms with E-state index in [4.69, 9.17) is 28.3 Å². The Morgan fingerprint density at radius 1 is 1.18 bits per heavy atom. The summed E-state index contributed by atoms with van der Waals surface area (Å²) in [4.78, 5) is 17.1. The van der Waals surface area contributed by atoms with Gasteiger partial charge in [-0.25, -0.2) is 13.9 Å². The normalized spacial score (nSPS) is 15.0. The van der Waals surface area contributed by atoms with Gasteiger partial charge in [0.05, 0.1) is 39.5 Å². The molecular weight excluding hydrogens is 482 g/mol. The maximum atomic E-state index is 13.8. The number of rotatable bonds is 4. The van der Waals surface area contributed by atoms with E-state index in [2.05, 4.69) is 15.2 Å². The van der Waals surface area contributed by atoms with Crippen LogP contribution in [-0.4, -0.2) is 54.8 Å². The standard InChI is InChI=1S/C23H19Cl2FN6O2/c24-18-1-2-19(26)22(25)17(18)12-29-31-8-5-20-21(31)9-14(10-27-20)15-11-28-32(13-15)16-3-6-30(7-4-16)23(33)34/h1-2,5,8-13,16H,3-4,6-7H2,(H,33,34). The molecule has 0 unspecified atom stereocenters. The third kappa shape index (κ3) is 4.24. The molecule has 0 atom stereocenters. The van der Waals surface area contributed by atoms with E-state index in [9.17, 15) is 9.18 Å². The van der Waals surface area contributed by atoms with Crippen molar-refractivity contribution in [3.8, 4) is 11.1 Å². The first-order valence-corrected chi connectivity index (χ1v) is 11.3. The van der Waals surface area contributed by atoms with Crippen LogP contribution in [0.25, 0.3) is 22.2 Å². The van der Waals surface area contributed by atoms with Crippen LogP contribution in [0.5, 0.6) is 0 Å². The Bertz CT molecular complexity index is 1410. The number of carbonyl (C=O) groups is 1. The molecule has 1 saturated heterocycles. The zero-order chi connectivity index (χ0) is 23.8. The van der Waals surface area contributed by atoms with E-state index in [0.29, 0.717) is 36.5 Å². The third-order valence-electron chi connectivity index (χ3n) is 5.95. The molecule has 174 valence electrons. The van der Waals surface area contributed by atoms with Crippen LogP contribution >= 0.6 is 23.2 Å². The molecule has 0 spiro atoms. The number of nitrogens with zero attached hydrogens (tertiary/aromatic N) is 6. The van der Waals surface area contributed by atoms with Crippen molar-refractivity contribution in [2.24, 2.45) is 5.10 Å².